The Balaban J connectivity index is 1.89. The van der Waals surface area contributed by atoms with Crippen LogP contribution in [0.5, 0.6) is 0 Å². The molecule has 2 fully saturated rings. The van der Waals surface area contributed by atoms with Crippen molar-refractivity contribution in [3.05, 3.63) is 0 Å². The molecule has 18 heavy (non-hydrogen) atoms. The second-order valence-corrected chi connectivity index (χ2v) is 6.29. The van der Waals surface area contributed by atoms with Crippen LogP contribution in [-0.4, -0.2) is 35.2 Å². The lowest BCUT2D eigenvalue weighted by molar-refractivity contribution is -0.123. The molecule has 2 rings (SSSR count). The van der Waals surface area contributed by atoms with Gasteiger partial charge in [0.1, 0.15) is 0 Å². The van der Waals surface area contributed by atoms with Gasteiger partial charge in [0.15, 0.2) is 0 Å². The fourth-order valence-corrected chi connectivity index (χ4v) is 3.06. The van der Waals surface area contributed by atoms with Crippen LogP contribution in [0.3, 0.4) is 0 Å². The van der Waals surface area contributed by atoms with Crippen molar-refractivity contribution in [1.82, 2.24) is 10.6 Å². The third-order valence-corrected chi connectivity index (χ3v) is 4.23. The highest BCUT2D eigenvalue weighted by Gasteiger charge is 2.37. The van der Waals surface area contributed by atoms with E-state index in [0.29, 0.717) is 12.0 Å². The number of carbonyl (C=O) groups is 1. The summed E-state index contributed by atoms with van der Waals surface area (Å²) in [4.78, 5) is 12.0. The summed E-state index contributed by atoms with van der Waals surface area (Å²) in [7, 11) is 0. The molecule has 2 saturated carbocycles. The second kappa shape index (κ2) is 5.57. The van der Waals surface area contributed by atoms with Gasteiger partial charge in [0, 0.05) is 11.6 Å². The molecule has 4 nitrogen and oxygen atoms in total. The zero-order valence-electron chi connectivity index (χ0n) is 11.5. The maximum Gasteiger partial charge on any atom is 0.237 e. The summed E-state index contributed by atoms with van der Waals surface area (Å²) < 4.78 is 0. The fourth-order valence-electron chi connectivity index (χ4n) is 3.06. The van der Waals surface area contributed by atoms with E-state index in [1.54, 1.807) is 0 Å². The van der Waals surface area contributed by atoms with Crippen LogP contribution < -0.4 is 10.6 Å². The van der Waals surface area contributed by atoms with Gasteiger partial charge in [0.05, 0.1) is 12.6 Å². The molecule has 2 aliphatic rings. The van der Waals surface area contributed by atoms with Crippen molar-refractivity contribution < 1.29 is 9.90 Å². The van der Waals surface area contributed by atoms with Crippen LogP contribution in [0.25, 0.3) is 0 Å². The van der Waals surface area contributed by atoms with Crippen LogP contribution >= 0.6 is 0 Å². The lowest BCUT2D eigenvalue weighted by Crippen LogP contribution is -2.58. The summed E-state index contributed by atoms with van der Waals surface area (Å²) in [6.07, 6.45) is 6.51. The molecule has 0 radical (unpaired) electrons. The maximum atomic E-state index is 12.0. The van der Waals surface area contributed by atoms with Crippen LogP contribution in [0.1, 0.15) is 52.4 Å². The number of carbonyl (C=O) groups excluding carboxylic acids is 1. The minimum Gasteiger partial charge on any atom is -0.394 e. The molecular weight excluding hydrogens is 228 g/mol. The molecule has 0 heterocycles. The first-order valence-electron chi connectivity index (χ1n) is 7.23. The highest BCUT2D eigenvalue weighted by molar-refractivity contribution is 5.81. The predicted molar refractivity (Wildman–Crippen MR) is 71.2 cm³/mol. The number of aliphatic hydroxyl groups is 1. The van der Waals surface area contributed by atoms with Gasteiger partial charge in [-0.1, -0.05) is 19.8 Å². The predicted octanol–water partition coefficient (Wildman–Crippen LogP) is 1.18. The van der Waals surface area contributed by atoms with Crippen molar-refractivity contribution >= 4 is 5.91 Å². The Hall–Kier alpha value is -0.610. The zero-order chi connectivity index (χ0) is 13.2. The van der Waals surface area contributed by atoms with Gasteiger partial charge in [-0.15, -0.1) is 0 Å². The summed E-state index contributed by atoms with van der Waals surface area (Å²) in [6.45, 7) is 4.24. The van der Waals surface area contributed by atoms with Gasteiger partial charge in [0.2, 0.25) is 5.91 Å². The Morgan fingerprint density at radius 2 is 2.17 bits per heavy atom. The average molecular weight is 254 g/mol. The Bertz CT molecular complexity index is 304. The summed E-state index contributed by atoms with van der Waals surface area (Å²) in [5.41, 5.74) is -0.252. The first-order chi connectivity index (χ1) is 8.54. The second-order valence-electron chi connectivity index (χ2n) is 6.29. The van der Waals surface area contributed by atoms with E-state index in [0.717, 1.165) is 32.1 Å². The normalized spacial score (nSPS) is 34.1. The Labute approximate surface area is 110 Å². The van der Waals surface area contributed by atoms with Gasteiger partial charge >= 0.3 is 0 Å². The number of hydrogen-bond donors (Lipinski definition) is 3. The highest BCUT2D eigenvalue weighted by atomic mass is 16.3. The van der Waals surface area contributed by atoms with Crippen molar-refractivity contribution in [2.45, 2.75) is 70.0 Å². The lowest BCUT2D eigenvalue weighted by Gasteiger charge is -2.41. The van der Waals surface area contributed by atoms with Crippen molar-refractivity contribution in [2.75, 3.05) is 6.61 Å². The molecular formula is C14H26N2O2. The zero-order valence-corrected chi connectivity index (χ0v) is 11.5. The number of amides is 1. The number of rotatable bonds is 5. The van der Waals surface area contributed by atoms with Crippen LogP contribution in [0.4, 0.5) is 0 Å². The first-order valence-corrected chi connectivity index (χ1v) is 7.23. The third kappa shape index (κ3) is 3.45. The van der Waals surface area contributed by atoms with Gasteiger partial charge in [-0.25, -0.2) is 0 Å². The van der Waals surface area contributed by atoms with Crippen molar-refractivity contribution in [3.63, 3.8) is 0 Å². The maximum absolute atomic E-state index is 12.0. The highest BCUT2D eigenvalue weighted by Crippen LogP contribution is 2.32. The van der Waals surface area contributed by atoms with E-state index in [1.165, 1.54) is 6.42 Å². The Morgan fingerprint density at radius 3 is 2.72 bits per heavy atom. The van der Waals surface area contributed by atoms with Crippen molar-refractivity contribution in [2.24, 2.45) is 5.92 Å². The summed E-state index contributed by atoms with van der Waals surface area (Å²) in [6, 6.07) is 0.181. The molecule has 0 aromatic rings. The van der Waals surface area contributed by atoms with E-state index in [-0.39, 0.29) is 24.1 Å². The number of nitrogens with one attached hydrogen (secondary N) is 2. The molecule has 0 aromatic carbocycles. The van der Waals surface area contributed by atoms with E-state index in [2.05, 4.69) is 17.6 Å². The van der Waals surface area contributed by atoms with Gasteiger partial charge in [-0.3, -0.25) is 10.1 Å². The summed E-state index contributed by atoms with van der Waals surface area (Å²) >= 11 is 0. The lowest BCUT2D eigenvalue weighted by atomic mass is 9.76. The van der Waals surface area contributed by atoms with E-state index in [9.17, 15) is 9.90 Å². The van der Waals surface area contributed by atoms with Crippen LogP contribution in [0.15, 0.2) is 0 Å². The number of hydrogen-bond acceptors (Lipinski definition) is 3. The Morgan fingerprint density at radius 1 is 1.44 bits per heavy atom. The van der Waals surface area contributed by atoms with Gasteiger partial charge in [-0.05, 0) is 38.5 Å². The largest absolute Gasteiger partial charge is 0.394 e. The molecule has 2 aliphatic carbocycles. The summed E-state index contributed by atoms with van der Waals surface area (Å²) in [5, 5.41) is 16.1. The van der Waals surface area contributed by atoms with Gasteiger partial charge in [-0.2, -0.15) is 0 Å². The van der Waals surface area contributed by atoms with Crippen molar-refractivity contribution in [1.29, 1.82) is 0 Å². The monoisotopic (exact) mass is 254 g/mol. The quantitative estimate of drug-likeness (QED) is 0.690. The molecule has 4 heteroatoms. The molecule has 104 valence electrons. The standard InChI is InChI=1S/C14H26N2O2/c1-10-4-3-7-14(8-10,9-17)16-11(2)13(18)15-12-5-6-12/h10-12,16-17H,3-9H2,1-2H3,(H,15,18). The molecule has 3 atom stereocenters. The minimum atomic E-state index is -0.252. The van der Waals surface area contributed by atoms with Crippen LogP contribution in [-0.2, 0) is 4.79 Å². The smallest absolute Gasteiger partial charge is 0.237 e. The summed E-state index contributed by atoms with van der Waals surface area (Å²) in [5.74, 6) is 0.695. The molecule has 0 saturated heterocycles. The number of aliphatic hydroxyl groups excluding tert-OH is 1. The molecule has 0 bridgehead atoms. The SMILES string of the molecule is CC1CCCC(CO)(NC(C)C(=O)NC2CC2)C1. The minimum absolute atomic E-state index is 0.0727. The average Bonchev–Trinajstić information content (AvgIpc) is 3.13. The fraction of sp³-hybridized carbons (Fsp3) is 0.929. The molecule has 3 N–H and O–H groups in total. The molecule has 3 unspecified atom stereocenters. The molecule has 0 spiro atoms. The van der Waals surface area contributed by atoms with Gasteiger partial charge < -0.3 is 10.4 Å². The van der Waals surface area contributed by atoms with E-state index >= 15 is 0 Å². The van der Waals surface area contributed by atoms with E-state index < -0.39 is 0 Å². The van der Waals surface area contributed by atoms with E-state index in [4.69, 9.17) is 0 Å². The van der Waals surface area contributed by atoms with Crippen LogP contribution in [0, 0.1) is 5.92 Å². The van der Waals surface area contributed by atoms with Crippen LogP contribution in [0.2, 0.25) is 0 Å². The van der Waals surface area contributed by atoms with Crippen molar-refractivity contribution in [3.8, 4) is 0 Å². The third-order valence-electron chi connectivity index (χ3n) is 4.23. The van der Waals surface area contributed by atoms with E-state index in [1.807, 2.05) is 6.92 Å². The molecule has 1 amide bonds. The van der Waals surface area contributed by atoms with Gasteiger partial charge in [0.25, 0.3) is 0 Å². The first kappa shape index (κ1) is 13.8. The topological polar surface area (TPSA) is 61.4 Å². The molecule has 0 aromatic heterocycles. The Kier molecular flexibility index (Phi) is 4.28. The molecule has 0 aliphatic heterocycles.